The number of aryl methyl sites for hydroxylation is 2. The second-order valence-corrected chi connectivity index (χ2v) is 8.70. The van der Waals surface area contributed by atoms with Crippen LogP contribution in [-0.4, -0.2) is 24.6 Å². The van der Waals surface area contributed by atoms with Crippen LogP contribution in [0.2, 0.25) is 0 Å². The molecular weight excluding hydrogens is 384 g/mol. The fourth-order valence-electron chi connectivity index (χ4n) is 2.43. The number of carbonyl (C=O) groups excluding carboxylic acids is 1. The minimum Gasteiger partial charge on any atom is -0.325 e. The molecule has 1 aromatic heterocycles. The van der Waals surface area contributed by atoms with Crippen LogP contribution in [0.1, 0.15) is 30.2 Å². The Hall–Kier alpha value is -2.41. The number of thioether (sulfide) groups is 1. The molecule has 0 aliphatic heterocycles. The van der Waals surface area contributed by atoms with E-state index >= 15 is 0 Å². The SMILES string of the molecule is CCC(Sc1nc(C)cc(C)c1C#N)C(=O)Nc1ccc(S(N)(=O)=O)cc1. The fourth-order valence-corrected chi connectivity index (χ4v) is 4.07. The number of nitriles is 1. The van der Waals surface area contributed by atoms with Crippen LogP contribution in [0.15, 0.2) is 40.3 Å². The van der Waals surface area contributed by atoms with Gasteiger partial charge in [-0.15, -0.1) is 0 Å². The highest BCUT2D eigenvalue weighted by molar-refractivity contribution is 8.00. The van der Waals surface area contributed by atoms with Gasteiger partial charge in [-0.2, -0.15) is 5.26 Å². The molecule has 1 unspecified atom stereocenters. The van der Waals surface area contributed by atoms with Gasteiger partial charge in [0.25, 0.3) is 0 Å². The van der Waals surface area contributed by atoms with Gasteiger partial charge in [0.05, 0.1) is 15.7 Å². The highest BCUT2D eigenvalue weighted by Gasteiger charge is 2.21. The summed E-state index contributed by atoms with van der Waals surface area (Å²) in [6, 6.07) is 9.59. The zero-order valence-corrected chi connectivity index (χ0v) is 16.8. The largest absolute Gasteiger partial charge is 0.325 e. The summed E-state index contributed by atoms with van der Waals surface area (Å²) >= 11 is 1.24. The standard InChI is InChI=1S/C18H20N4O3S2/c1-4-16(26-18-15(10-19)11(2)9-12(3)21-18)17(23)22-13-5-7-14(8-6-13)27(20,24)25/h5-9,16H,4H2,1-3H3,(H,22,23)(H2,20,24,25). The third-order valence-electron chi connectivity index (χ3n) is 3.79. The molecule has 3 N–H and O–H groups in total. The van der Waals surface area contributed by atoms with E-state index in [9.17, 15) is 18.5 Å². The van der Waals surface area contributed by atoms with Gasteiger partial charge in [0.1, 0.15) is 11.1 Å². The van der Waals surface area contributed by atoms with Crippen molar-refractivity contribution in [1.29, 1.82) is 5.26 Å². The third-order valence-corrected chi connectivity index (χ3v) is 6.07. The lowest BCUT2D eigenvalue weighted by Crippen LogP contribution is -2.25. The van der Waals surface area contributed by atoms with Crippen LogP contribution in [-0.2, 0) is 14.8 Å². The summed E-state index contributed by atoms with van der Waals surface area (Å²) in [6.45, 7) is 5.55. The molecule has 142 valence electrons. The van der Waals surface area contributed by atoms with Crippen LogP contribution in [0.25, 0.3) is 0 Å². The molecule has 27 heavy (non-hydrogen) atoms. The number of carbonyl (C=O) groups is 1. The van der Waals surface area contributed by atoms with E-state index in [2.05, 4.69) is 16.4 Å². The van der Waals surface area contributed by atoms with Gasteiger partial charge in [0, 0.05) is 11.4 Å². The van der Waals surface area contributed by atoms with Gasteiger partial charge < -0.3 is 5.32 Å². The number of anilines is 1. The molecule has 0 aliphatic carbocycles. The van der Waals surface area contributed by atoms with Gasteiger partial charge in [-0.25, -0.2) is 18.5 Å². The molecule has 0 saturated heterocycles. The summed E-state index contributed by atoms with van der Waals surface area (Å²) in [4.78, 5) is 17.0. The average Bonchev–Trinajstić information content (AvgIpc) is 2.58. The normalized spacial score (nSPS) is 12.3. The number of aromatic nitrogens is 1. The maximum atomic E-state index is 12.6. The van der Waals surface area contributed by atoms with Gasteiger partial charge in [-0.3, -0.25) is 4.79 Å². The number of nitrogens with zero attached hydrogens (tertiary/aromatic N) is 2. The molecule has 1 atom stereocenters. The van der Waals surface area contributed by atoms with Crippen LogP contribution in [0.3, 0.4) is 0 Å². The molecule has 0 radical (unpaired) electrons. The topological polar surface area (TPSA) is 126 Å². The van der Waals surface area contributed by atoms with Crippen molar-refractivity contribution in [2.24, 2.45) is 5.14 Å². The summed E-state index contributed by atoms with van der Waals surface area (Å²) in [5.41, 5.74) is 2.53. The molecular formula is C18H20N4O3S2. The minimum atomic E-state index is -3.78. The second kappa shape index (κ2) is 8.52. The summed E-state index contributed by atoms with van der Waals surface area (Å²) in [6.07, 6.45) is 0.533. The summed E-state index contributed by atoms with van der Waals surface area (Å²) < 4.78 is 22.6. The monoisotopic (exact) mass is 404 g/mol. The van der Waals surface area contributed by atoms with Crippen molar-refractivity contribution in [3.63, 3.8) is 0 Å². The Morgan fingerprint density at radius 1 is 1.33 bits per heavy atom. The Morgan fingerprint density at radius 2 is 1.96 bits per heavy atom. The third kappa shape index (κ3) is 5.29. The first-order chi connectivity index (χ1) is 12.7. The number of amides is 1. The van der Waals surface area contributed by atoms with E-state index in [0.29, 0.717) is 22.7 Å². The number of sulfonamides is 1. The summed E-state index contributed by atoms with van der Waals surface area (Å²) in [5, 5.41) is 17.3. The smallest absolute Gasteiger partial charge is 0.238 e. The first-order valence-corrected chi connectivity index (χ1v) is 10.6. The van der Waals surface area contributed by atoms with Crippen molar-refractivity contribution < 1.29 is 13.2 Å². The number of rotatable bonds is 6. The van der Waals surface area contributed by atoms with Crippen molar-refractivity contribution >= 4 is 33.4 Å². The van der Waals surface area contributed by atoms with Crippen molar-refractivity contribution in [1.82, 2.24) is 4.98 Å². The number of benzene rings is 1. The maximum absolute atomic E-state index is 12.6. The van der Waals surface area contributed by atoms with Crippen molar-refractivity contribution in [3.05, 3.63) is 47.2 Å². The highest BCUT2D eigenvalue weighted by Crippen LogP contribution is 2.29. The lowest BCUT2D eigenvalue weighted by molar-refractivity contribution is -0.115. The Morgan fingerprint density at radius 3 is 2.48 bits per heavy atom. The zero-order valence-electron chi connectivity index (χ0n) is 15.2. The van der Waals surface area contributed by atoms with Crippen molar-refractivity contribution in [3.8, 4) is 6.07 Å². The van der Waals surface area contributed by atoms with E-state index in [1.54, 1.807) is 0 Å². The Balaban J connectivity index is 2.19. The molecule has 2 rings (SSSR count). The molecule has 1 heterocycles. The second-order valence-electron chi connectivity index (χ2n) is 5.95. The van der Waals surface area contributed by atoms with Gasteiger partial charge in [-0.05, 0) is 56.2 Å². The maximum Gasteiger partial charge on any atom is 0.238 e. The van der Waals surface area contributed by atoms with E-state index in [0.717, 1.165) is 11.3 Å². The lowest BCUT2D eigenvalue weighted by Gasteiger charge is -2.16. The summed E-state index contributed by atoms with van der Waals surface area (Å²) in [7, 11) is -3.78. The summed E-state index contributed by atoms with van der Waals surface area (Å²) in [5.74, 6) is -0.254. The fraction of sp³-hybridized carbons (Fsp3) is 0.278. The first-order valence-electron chi connectivity index (χ1n) is 8.14. The highest BCUT2D eigenvalue weighted by atomic mass is 32.2. The number of nitrogens with one attached hydrogen (secondary N) is 1. The number of nitrogens with two attached hydrogens (primary N) is 1. The minimum absolute atomic E-state index is 0.0278. The molecule has 1 amide bonds. The van der Waals surface area contributed by atoms with Crippen LogP contribution in [0.5, 0.6) is 0 Å². The number of primary sulfonamides is 1. The molecule has 9 heteroatoms. The van der Waals surface area contributed by atoms with Crippen LogP contribution in [0.4, 0.5) is 5.69 Å². The van der Waals surface area contributed by atoms with Crippen LogP contribution in [0, 0.1) is 25.2 Å². The van der Waals surface area contributed by atoms with E-state index < -0.39 is 15.3 Å². The van der Waals surface area contributed by atoms with E-state index in [4.69, 9.17) is 5.14 Å². The van der Waals surface area contributed by atoms with Crippen LogP contribution < -0.4 is 10.5 Å². The van der Waals surface area contributed by atoms with Gasteiger partial charge in [0.2, 0.25) is 15.9 Å². The van der Waals surface area contributed by atoms with Gasteiger partial charge in [-0.1, -0.05) is 18.7 Å². The molecule has 7 nitrogen and oxygen atoms in total. The zero-order chi connectivity index (χ0) is 20.2. The van der Waals surface area contributed by atoms with E-state index in [1.807, 2.05) is 26.8 Å². The molecule has 0 saturated carbocycles. The first kappa shape index (κ1) is 20.9. The van der Waals surface area contributed by atoms with E-state index in [-0.39, 0.29) is 10.8 Å². The van der Waals surface area contributed by atoms with Gasteiger partial charge >= 0.3 is 0 Å². The number of hydrogen-bond acceptors (Lipinski definition) is 6. The van der Waals surface area contributed by atoms with Crippen molar-refractivity contribution in [2.45, 2.75) is 42.4 Å². The molecule has 1 aromatic carbocycles. The molecule has 0 bridgehead atoms. The molecule has 0 fully saturated rings. The van der Waals surface area contributed by atoms with Crippen molar-refractivity contribution in [2.75, 3.05) is 5.32 Å². The number of pyridine rings is 1. The predicted molar refractivity (Wildman–Crippen MR) is 105 cm³/mol. The predicted octanol–water partition coefficient (Wildman–Crippen LogP) is 2.73. The van der Waals surface area contributed by atoms with Crippen LogP contribution >= 0.6 is 11.8 Å². The lowest BCUT2D eigenvalue weighted by atomic mass is 10.1. The molecule has 2 aromatic rings. The Bertz CT molecular complexity index is 997. The average molecular weight is 405 g/mol. The quantitative estimate of drug-likeness (QED) is 0.713. The Labute approximate surface area is 163 Å². The molecule has 0 spiro atoms. The number of hydrogen-bond donors (Lipinski definition) is 2. The van der Waals surface area contributed by atoms with E-state index in [1.165, 1.54) is 36.0 Å². The molecule has 0 aliphatic rings. The van der Waals surface area contributed by atoms with Gasteiger partial charge in [0.15, 0.2) is 0 Å². The Kier molecular flexibility index (Phi) is 6.59.